The summed E-state index contributed by atoms with van der Waals surface area (Å²) in [7, 11) is 0. The predicted octanol–water partition coefficient (Wildman–Crippen LogP) is 1.46. The molecule has 3 amide bonds. The Morgan fingerprint density at radius 3 is 2.30 bits per heavy atom. The molecule has 138 valence electrons. The first kappa shape index (κ1) is 18.2. The molecule has 1 aliphatic heterocycles. The van der Waals surface area contributed by atoms with E-state index in [1.807, 2.05) is 6.07 Å². The van der Waals surface area contributed by atoms with E-state index in [1.54, 1.807) is 46.2 Å². The molecule has 1 saturated heterocycles. The molecule has 27 heavy (non-hydrogen) atoms. The minimum atomic E-state index is -0.418. The quantitative estimate of drug-likeness (QED) is 0.825. The zero-order valence-corrected chi connectivity index (χ0v) is 14.6. The monoisotopic (exact) mass is 366 g/mol. The van der Waals surface area contributed by atoms with Gasteiger partial charge in [-0.2, -0.15) is 5.26 Å². The lowest BCUT2D eigenvalue weighted by Crippen LogP contribution is -2.51. The Labute approximate surface area is 156 Å². The number of nitrogens with zero attached hydrogens (tertiary/aromatic N) is 3. The Hall–Kier alpha value is -3.60. The largest absolute Gasteiger partial charge is 0.459 e. The van der Waals surface area contributed by atoms with Crippen molar-refractivity contribution in [2.45, 2.75) is 6.42 Å². The van der Waals surface area contributed by atoms with E-state index >= 15 is 0 Å². The van der Waals surface area contributed by atoms with Gasteiger partial charge in [-0.15, -0.1) is 0 Å². The average molecular weight is 366 g/mol. The second-order valence-electron chi connectivity index (χ2n) is 6.06. The third kappa shape index (κ3) is 4.52. The minimum Gasteiger partial charge on any atom is -0.459 e. The van der Waals surface area contributed by atoms with Crippen LogP contribution >= 0.6 is 0 Å². The van der Waals surface area contributed by atoms with Gasteiger partial charge in [0, 0.05) is 31.9 Å². The second kappa shape index (κ2) is 8.19. The fourth-order valence-corrected chi connectivity index (χ4v) is 2.80. The van der Waals surface area contributed by atoms with Crippen LogP contribution in [0, 0.1) is 11.3 Å². The van der Waals surface area contributed by atoms with E-state index in [1.165, 1.54) is 6.26 Å². The zero-order chi connectivity index (χ0) is 19.2. The number of amides is 3. The van der Waals surface area contributed by atoms with Crippen LogP contribution in [0.5, 0.6) is 0 Å². The Morgan fingerprint density at radius 2 is 1.70 bits per heavy atom. The summed E-state index contributed by atoms with van der Waals surface area (Å²) in [6, 6.07) is 11.7. The molecule has 1 N–H and O–H groups in total. The van der Waals surface area contributed by atoms with Crippen molar-refractivity contribution in [1.29, 1.82) is 5.26 Å². The van der Waals surface area contributed by atoms with Gasteiger partial charge < -0.3 is 19.5 Å². The van der Waals surface area contributed by atoms with E-state index in [0.29, 0.717) is 37.4 Å². The highest BCUT2D eigenvalue weighted by atomic mass is 16.3. The number of rotatable bonds is 4. The maximum absolute atomic E-state index is 12.3. The van der Waals surface area contributed by atoms with Crippen LogP contribution < -0.4 is 5.32 Å². The van der Waals surface area contributed by atoms with Crippen LogP contribution in [0.3, 0.4) is 0 Å². The first-order valence-corrected chi connectivity index (χ1v) is 8.47. The predicted molar refractivity (Wildman–Crippen MR) is 95.6 cm³/mol. The van der Waals surface area contributed by atoms with E-state index in [9.17, 15) is 14.4 Å². The van der Waals surface area contributed by atoms with Gasteiger partial charge in [0.1, 0.15) is 6.42 Å². The van der Waals surface area contributed by atoms with Crippen molar-refractivity contribution in [1.82, 2.24) is 9.80 Å². The fourth-order valence-electron chi connectivity index (χ4n) is 2.80. The molecule has 1 aromatic heterocycles. The Bertz CT molecular complexity index is 860. The number of furan rings is 1. The van der Waals surface area contributed by atoms with E-state index in [0.717, 1.165) is 0 Å². The van der Waals surface area contributed by atoms with Crippen LogP contribution in [0.25, 0.3) is 0 Å². The molecule has 1 fully saturated rings. The number of hydrogen-bond acceptors (Lipinski definition) is 5. The van der Waals surface area contributed by atoms with Crippen molar-refractivity contribution < 1.29 is 18.8 Å². The highest BCUT2D eigenvalue weighted by Crippen LogP contribution is 2.12. The van der Waals surface area contributed by atoms with Crippen molar-refractivity contribution in [2.24, 2.45) is 0 Å². The van der Waals surface area contributed by atoms with E-state index in [2.05, 4.69) is 5.32 Å². The smallest absolute Gasteiger partial charge is 0.289 e. The van der Waals surface area contributed by atoms with Crippen LogP contribution in [0.15, 0.2) is 47.1 Å². The first-order chi connectivity index (χ1) is 13.1. The van der Waals surface area contributed by atoms with Gasteiger partial charge in [0.2, 0.25) is 11.8 Å². The number of carbonyl (C=O) groups excluding carboxylic acids is 3. The summed E-state index contributed by atoms with van der Waals surface area (Å²) in [4.78, 5) is 39.8. The highest BCUT2D eigenvalue weighted by Gasteiger charge is 2.26. The van der Waals surface area contributed by atoms with Gasteiger partial charge >= 0.3 is 0 Å². The van der Waals surface area contributed by atoms with Crippen LogP contribution in [-0.4, -0.2) is 53.7 Å². The van der Waals surface area contributed by atoms with Crippen molar-refractivity contribution in [3.63, 3.8) is 0 Å². The lowest BCUT2D eigenvalue weighted by molar-refractivity contribution is -0.135. The molecule has 8 heteroatoms. The van der Waals surface area contributed by atoms with Crippen LogP contribution in [0.4, 0.5) is 5.69 Å². The number of piperazine rings is 1. The van der Waals surface area contributed by atoms with Crippen molar-refractivity contribution >= 4 is 23.4 Å². The Balaban J connectivity index is 1.46. The van der Waals surface area contributed by atoms with Crippen molar-refractivity contribution in [3.05, 3.63) is 54.0 Å². The zero-order valence-electron chi connectivity index (χ0n) is 14.6. The average Bonchev–Trinajstić information content (AvgIpc) is 3.23. The molecule has 0 bridgehead atoms. The minimum absolute atomic E-state index is 0.203. The number of anilines is 1. The van der Waals surface area contributed by atoms with Gasteiger partial charge in [0.05, 0.1) is 17.9 Å². The summed E-state index contributed by atoms with van der Waals surface area (Å²) >= 11 is 0. The molecule has 1 aliphatic rings. The third-order valence-corrected chi connectivity index (χ3v) is 4.26. The fraction of sp³-hybridized carbons (Fsp3) is 0.263. The summed E-state index contributed by atoms with van der Waals surface area (Å²) in [5, 5.41) is 11.4. The highest BCUT2D eigenvalue weighted by molar-refractivity contribution is 6.03. The lowest BCUT2D eigenvalue weighted by Gasteiger charge is -2.34. The molecule has 3 rings (SSSR count). The molecular formula is C19H18N4O4. The standard InChI is InChI=1S/C19H18N4O4/c20-13-14-3-5-15(6-4-14)21-17(24)12-18(25)22-7-9-23(10-8-22)19(26)16-2-1-11-27-16/h1-6,11H,7-10,12H2,(H,21,24). The lowest BCUT2D eigenvalue weighted by atomic mass is 10.2. The molecule has 1 aromatic carbocycles. The summed E-state index contributed by atoms with van der Waals surface area (Å²) < 4.78 is 5.10. The molecule has 0 radical (unpaired) electrons. The van der Waals surface area contributed by atoms with Crippen molar-refractivity contribution in [3.8, 4) is 6.07 Å². The van der Waals surface area contributed by atoms with Crippen LogP contribution in [-0.2, 0) is 9.59 Å². The van der Waals surface area contributed by atoms with Crippen LogP contribution in [0.2, 0.25) is 0 Å². The van der Waals surface area contributed by atoms with Gasteiger partial charge in [-0.3, -0.25) is 14.4 Å². The maximum atomic E-state index is 12.3. The number of hydrogen-bond donors (Lipinski definition) is 1. The van der Waals surface area contributed by atoms with Gasteiger partial charge in [-0.05, 0) is 36.4 Å². The molecule has 0 unspecified atom stereocenters. The molecule has 2 heterocycles. The maximum Gasteiger partial charge on any atom is 0.289 e. The van der Waals surface area contributed by atoms with Gasteiger partial charge in [0.25, 0.3) is 5.91 Å². The third-order valence-electron chi connectivity index (χ3n) is 4.26. The SMILES string of the molecule is N#Cc1ccc(NC(=O)CC(=O)N2CCN(C(=O)c3ccco3)CC2)cc1. The van der Waals surface area contributed by atoms with Crippen LogP contribution in [0.1, 0.15) is 22.5 Å². The molecule has 8 nitrogen and oxygen atoms in total. The number of carbonyl (C=O) groups is 3. The second-order valence-corrected chi connectivity index (χ2v) is 6.06. The van der Waals surface area contributed by atoms with Gasteiger partial charge in [-0.1, -0.05) is 0 Å². The summed E-state index contributed by atoms with van der Waals surface area (Å²) in [5.74, 6) is -0.632. The van der Waals surface area contributed by atoms with E-state index in [4.69, 9.17) is 9.68 Å². The Morgan fingerprint density at radius 1 is 1.04 bits per heavy atom. The molecule has 0 spiro atoms. The first-order valence-electron chi connectivity index (χ1n) is 8.47. The summed E-state index contributed by atoms with van der Waals surface area (Å²) in [6.07, 6.45) is 1.17. The van der Waals surface area contributed by atoms with E-state index in [-0.39, 0.29) is 24.0 Å². The summed E-state index contributed by atoms with van der Waals surface area (Å²) in [6.45, 7) is 1.52. The number of nitriles is 1. The Kier molecular flexibility index (Phi) is 5.52. The topological polar surface area (TPSA) is 107 Å². The van der Waals surface area contributed by atoms with Gasteiger partial charge in [0.15, 0.2) is 5.76 Å². The molecular weight excluding hydrogens is 348 g/mol. The molecule has 2 aromatic rings. The summed E-state index contributed by atoms with van der Waals surface area (Å²) in [5.41, 5.74) is 1.02. The molecule has 0 saturated carbocycles. The van der Waals surface area contributed by atoms with Crippen molar-refractivity contribution in [2.75, 3.05) is 31.5 Å². The van der Waals surface area contributed by atoms with E-state index < -0.39 is 5.91 Å². The molecule has 0 atom stereocenters. The normalized spacial score (nSPS) is 13.7. The number of nitrogens with one attached hydrogen (secondary N) is 1. The number of benzene rings is 1. The van der Waals surface area contributed by atoms with Gasteiger partial charge in [-0.25, -0.2) is 0 Å². The molecule has 0 aliphatic carbocycles.